The highest BCUT2D eigenvalue weighted by molar-refractivity contribution is 7.18. The Balaban J connectivity index is 1.50. The van der Waals surface area contributed by atoms with Gasteiger partial charge in [0.05, 0.1) is 39.6 Å². The van der Waals surface area contributed by atoms with Crippen LogP contribution in [0.15, 0.2) is 60.7 Å². The van der Waals surface area contributed by atoms with Crippen LogP contribution in [0, 0.1) is 0 Å². The van der Waals surface area contributed by atoms with Crippen molar-refractivity contribution in [1.82, 2.24) is 0 Å². The molecule has 0 saturated heterocycles. The number of benzene rings is 2. The van der Waals surface area contributed by atoms with Crippen LogP contribution in [0.5, 0.6) is 11.5 Å². The summed E-state index contributed by atoms with van der Waals surface area (Å²) < 4.78 is 28.3. The van der Waals surface area contributed by atoms with E-state index in [1.165, 1.54) is 9.75 Å². The smallest absolute Gasteiger partial charge is 0.120 e. The molecule has 2 aromatic carbocycles. The van der Waals surface area contributed by atoms with Gasteiger partial charge in [-0.15, -0.1) is 11.3 Å². The second-order valence-corrected chi connectivity index (χ2v) is 7.84. The molecule has 158 valence electrons. The highest BCUT2D eigenvalue weighted by Gasteiger charge is 2.08. The summed E-state index contributed by atoms with van der Waals surface area (Å²) in [6.45, 7) is 4.25. The lowest BCUT2D eigenvalue weighted by Crippen LogP contribution is -2.14. The molecule has 0 aliphatic carbocycles. The summed E-state index contributed by atoms with van der Waals surface area (Å²) in [7, 11) is 0. The second kappa shape index (κ2) is 11.1. The molecule has 3 aromatic rings. The second-order valence-electron chi connectivity index (χ2n) is 6.75. The van der Waals surface area contributed by atoms with Crippen molar-refractivity contribution in [2.45, 2.75) is 0 Å². The first-order valence-electron chi connectivity index (χ1n) is 10.2. The summed E-state index contributed by atoms with van der Waals surface area (Å²) in [5.74, 6) is 1.69. The van der Waals surface area contributed by atoms with Crippen molar-refractivity contribution >= 4 is 11.3 Å². The number of hydrogen-bond acceptors (Lipinski definition) is 6. The van der Waals surface area contributed by atoms with Gasteiger partial charge < -0.3 is 23.7 Å². The zero-order valence-electron chi connectivity index (χ0n) is 16.9. The average Bonchev–Trinajstić information content (AvgIpc) is 3.27. The fourth-order valence-electron chi connectivity index (χ4n) is 3.11. The Morgan fingerprint density at radius 2 is 0.933 bits per heavy atom. The first kappa shape index (κ1) is 20.9. The number of thiophene rings is 1. The van der Waals surface area contributed by atoms with Crippen molar-refractivity contribution in [3.8, 4) is 32.4 Å². The van der Waals surface area contributed by atoms with Gasteiger partial charge in [-0.1, -0.05) is 24.3 Å². The van der Waals surface area contributed by atoms with Crippen molar-refractivity contribution in [2.75, 3.05) is 52.9 Å². The monoisotopic (exact) mass is 426 g/mol. The molecule has 0 atom stereocenters. The van der Waals surface area contributed by atoms with Crippen LogP contribution in [0.1, 0.15) is 0 Å². The van der Waals surface area contributed by atoms with Crippen LogP contribution in [0.2, 0.25) is 0 Å². The van der Waals surface area contributed by atoms with E-state index in [0.717, 1.165) is 22.6 Å². The number of ether oxygens (including phenoxy) is 5. The summed E-state index contributed by atoms with van der Waals surface area (Å²) in [6.07, 6.45) is 0. The van der Waals surface area contributed by atoms with E-state index in [1.807, 2.05) is 24.3 Å². The van der Waals surface area contributed by atoms with E-state index in [0.29, 0.717) is 52.9 Å². The van der Waals surface area contributed by atoms with Crippen LogP contribution in [-0.4, -0.2) is 52.9 Å². The van der Waals surface area contributed by atoms with Crippen molar-refractivity contribution in [1.29, 1.82) is 0 Å². The molecule has 0 unspecified atom stereocenters. The molecule has 1 aliphatic heterocycles. The van der Waals surface area contributed by atoms with Gasteiger partial charge in [0.15, 0.2) is 0 Å². The van der Waals surface area contributed by atoms with Crippen LogP contribution in [0.4, 0.5) is 0 Å². The molecule has 1 aliphatic rings. The number of fused-ring (bicyclic) bond motifs is 8. The van der Waals surface area contributed by atoms with Crippen LogP contribution in [0.25, 0.3) is 20.9 Å². The molecule has 0 saturated carbocycles. The summed E-state index contributed by atoms with van der Waals surface area (Å²) in [5, 5.41) is 0. The molecule has 5 nitrogen and oxygen atoms in total. The molecule has 4 rings (SSSR count). The minimum Gasteiger partial charge on any atom is -0.491 e. The van der Waals surface area contributed by atoms with Gasteiger partial charge in [-0.25, -0.2) is 0 Å². The van der Waals surface area contributed by atoms with E-state index < -0.39 is 0 Å². The third-order valence-electron chi connectivity index (χ3n) is 4.58. The molecular formula is C24H26O5S. The lowest BCUT2D eigenvalue weighted by molar-refractivity contribution is 0.00499. The van der Waals surface area contributed by atoms with Gasteiger partial charge in [-0.05, 0) is 47.5 Å². The van der Waals surface area contributed by atoms with Gasteiger partial charge in [-0.3, -0.25) is 0 Å². The van der Waals surface area contributed by atoms with E-state index in [2.05, 4.69) is 36.4 Å². The predicted molar refractivity (Wildman–Crippen MR) is 119 cm³/mol. The van der Waals surface area contributed by atoms with Crippen LogP contribution >= 0.6 is 11.3 Å². The Morgan fingerprint density at radius 3 is 1.40 bits per heavy atom. The van der Waals surface area contributed by atoms with E-state index >= 15 is 0 Å². The van der Waals surface area contributed by atoms with Crippen molar-refractivity contribution < 1.29 is 23.7 Å². The van der Waals surface area contributed by atoms with Gasteiger partial charge in [0.25, 0.3) is 0 Å². The summed E-state index contributed by atoms with van der Waals surface area (Å²) in [5.41, 5.74) is 2.29. The first-order valence-corrected chi connectivity index (χ1v) is 11.0. The Hall–Kier alpha value is -2.38. The molecule has 2 heterocycles. The van der Waals surface area contributed by atoms with E-state index in [1.54, 1.807) is 11.3 Å². The maximum Gasteiger partial charge on any atom is 0.120 e. The van der Waals surface area contributed by atoms with Crippen LogP contribution < -0.4 is 9.47 Å². The minimum absolute atomic E-state index is 0.509. The molecule has 1 aromatic heterocycles. The Bertz CT molecular complexity index is 851. The highest BCUT2D eigenvalue weighted by Crippen LogP contribution is 2.36. The topological polar surface area (TPSA) is 46.2 Å². The quantitative estimate of drug-likeness (QED) is 0.512. The van der Waals surface area contributed by atoms with Crippen LogP contribution in [-0.2, 0) is 14.2 Å². The molecule has 30 heavy (non-hydrogen) atoms. The van der Waals surface area contributed by atoms with Crippen molar-refractivity contribution in [3.05, 3.63) is 60.7 Å². The van der Waals surface area contributed by atoms with Crippen molar-refractivity contribution in [3.63, 3.8) is 0 Å². The lowest BCUT2D eigenvalue weighted by atomic mass is 10.1. The molecule has 0 N–H and O–H groups in total. The minimum atomic E-state index is 0.509. The SMILES string of the molecule is c1cc2cc(c1)-c1ccc(s1)-c1cccc(c1)OCCOCCOCCOCCO2. The van der Waals surface area contributed by atoms with E-state index in [-0.39, 0.29) is 0 Å². The zero-order chi connectivity index (χ0) is 20.4. The third kappa shape index (κ3) is 6.06. The van der Waals surface area contributed by atoms with E-state index in [9.17, 15) is 0 Å². The first-order chi connectivity index (χ1) is 14.9. The molecular weight excluding hydrogens is 400 g/mol. The molecule has 0 fully saturated rings. The largest absolute Gasteiger partial charge is 0.491 e. The fourth-order valence-corrected chi connectivity index (χ4v) is 4.10. The van der Waals surface area contributed by atoms with Gasteiger partial charge >= 0.3 is 0 Å². The lowest BCUT2D eigenvalue weighted by Gasteiger charge is -2.10. The standard InChI is InChI=1S/C24H26O5S/c1-3-19-17-21(5-1)28-15-13-26-11-9-25-10-12-27-14-16-29-22-6-2-4-20(18-22)24-8-7-23(19)30-24/h1-8,17-18H,9-16H2. The Morgan fingerprint density at radius 1 is 0.500 bits per heavy atom. The molecule has 0 amide bonds. The molecule has 6 heteroatoms. The number of rotatable bonds is 0. The van der Waals surface area contributed by atoms with E-state index in [4.69, 9.17) is 23.7 Å². The van der Waals surface area contributed by atoms with Crippen molar-refractivity contribution in [2.24, 2.45) is 0 Å². The van der Waals surface area contributed by atoms with Gasteiger partial charge in [0.2, 0.25) is 0 Å². The number of hydrogen-bond donors (Lipinski definition) is 0. The molecule has 6 bridgehead atoms. The average molecular weight is 427 g/mol. The summed E-state index contributed by atoms with van der Waals surface area (Å²) in [6, 6.07) is 20.7. The van der Waals surface area contributed by atoms with Gasteiger partial charge in [0.1, 0.15) is 24.7 Å². The maximum absolute atomic E-state index is 5.84. The normalized spacial score (nSPS) is 16.4. The van der Waals surface area contributed by atoms with Gasteiger partial charge in [-0.2, -0.15) is 0 Å². The summed E-state index contributed by atoms with van der Waals surface area (Å²) in [4.78, 5) is 2.40. The molecule has 0 spiro atoms. The van der Waals surface area contributed by atoms with Crippen LogP contribution in [0.3, 0.4) is 0 Å². The molecule has 0 radical (unpaired) electrons. The fraction of sp³-hybridized carbons (Fsp3) is 0.333. The Labute approximate surface area is 181 Å². The van der Waals surface area contributed by atoms with Gasteiger partial charge in [0, 0.05) is 9.75 Å². The predicted octanol–water partition coefficient (Wildman–Crippen LogP) is 4.90. The summed E-state index contributed by atoms with van der Waals surface area (Å²) >= 11 is 1.76. The maximum atomic E-state index is 5.84. The zero-order valence-corrected chi connectivity index (χ0v) is 17.7. The highest BCUT2D eigenvalue weighted by atomic mass is 32.1. The third-order valence-corrected chi connectivity index (χ3v) is 5.76. The Kier molecular flexibility index (Phi) is 7.75.